The molecule has 1 aliphatic heterocycles. The predicted octanol–water partition coefficient (Wildman–Crippen LogP) is 4.39. The van der Waals surface area contributed by atoms with E-state index in [1.54, 1.807) is 26.8 Å². The Balaban J connectivity index is 1.16. The van der Waals surface area contributed by atoms with Crippen LogP contribution in [-0.4, -0.2) is 63.9 Å². The lowest BCUT2D eigenvalue weighted by atomic mass is 9.98. The number of methoxy groups -OCH3 is 1. The van der Waals surface area contributed by atoms with E-state index < -0.39 is 28.1 Å². The van der Waals surface area contributed by atoms with Crippen LogP contribution in [0.5, 0.6) is 5.75 Å². The molecule has 12 heteroatoms. The molecule has 11 nitrogen and oxygen atoms in total. The molecular weight excluding hydrogens is 596 g/mol. The first-order chi connectivity index (χ1) is 21.5. The fourth-order valence-electron chi connectivity index (χ4n) is 6.15. The summed E-state index contributed by atoms with van der Waals surface area (Å²) in [5, 5.41) is 15.4. The Labute approximate surface area is 263 Å². The highest BCUT2D eigenvalue weighted by atomic mass is 32.2. The monoisotopic (exact) mass is 634 g/mol. The smallest absolute Gasteiger partial charge is 0.407 e. The molecule has 45 heavy (non-hydrogen) atoms. The predicted molar refractivity (Wildman–Crippen MR) is 170 cm³/mol. The zero-order chi connectivity index (χ0) is 32.3. The summed E-state index contributed by atoms with van der Waals surface area (Å²) in [4.78, 5) is 29.2. The molecule has 0 aromatic heterocycles. The molecule has 3 aromatic carbocycles. The average Bonchev–Trinajstić information content (AvgIpc) is 3.33. The number of hydrogen-bond donors (Lipinski definition) is 4. The van der Waals surface area contributed by atoms with E-state index in [0.717, 1.165) is 27.8 Å². The van der Waals surface area contributed by atoms with E-state index in [-0.39, 0.29) is 35.8 Å². The number of carboxylic acid groups (broad SMARTS) is 1. The van der Waals surface area contributed by atoms with Gasteiger partial charge in [-0.2, -0.15) is 0 Å². The number of hydrogen-bond acceptors (Lipinski definition) is 8. The number of carbonyl (C=O) groups excluding carboxylic acids is 1. The summed E-state index contributed by atoms with van der Waals surface area (Å²) in [6, 6.07) is 16.2. The van der Waals surface area contributed by atoms with Crippen LogP contribution in [-0.2, 0) is 19.6 Å². The minimum Gasteiger partial charge on any atom is -0.496 e. The number of ether oxygens (including phenoxy) is 2. The number of carbonyl (C=O) groups is 2. The van der Waals surface area contributed by atoms with Crippen molar-refractivity contribution in [2.24, 2.45) is 4.99 Å². The largest absolute Gasteiger partial charge is 0.496 e. The lowest BCUT2D eigenvalue weighted by Gasteiger charge is -2.26. The molecule has 1 amide bonds. The van der Waals surface area contributed by atoms with Gasteiger partial charge in [0.2, 0.25) is 5.96 Å². The Morgan fingerprint density at radius 1 is 1.04 bits per heavy atom. The van der Waals surface area contributed by atoms with Crippen LogP contribution in [0.1, 0.15) is 53.0 Å². The molecule has 5 rings (SSSR count). The first kappa shape index (κ1) is 31.8. The van der Waals surface area contributed by atoms with Crippen molar-refractivity contribution in [2.45, 2.75) is 62.9 Å². The second-order valence-corrected chi connectivity index (χ2v) is 13.0. The van der Waals surface area contributed by atoms with Gasteiger partial charge >= 0.3 is 12.1 Å². The highest BCUT2D eigenvalue weighted by Crippen LogP contribution is 2.44. The van der Waals surface area contributed by atoms with Crippen molar-refractivity contribution in [3.63, 3.8) is 0 Å². The molecule has 4 N–H and O–H groups in total. The quantitative estimate of drug-likeness (QED) is 0.256. The summed E-state index contributed by atoms with van der Waals surface area (Å²) in [6.07, 6.45) is 0.215. The van der Waals surface area contributed by atoms with Gasteiger partial charge in [0.15, 0.2) is 0 Å². The molecule has 0 radical (unpaired) electrons. The second-order valence-electron chi connectivity index (χ2n) is 11.4. The topological polar surface area (TPSA) is 155 Å². The third-order valence-electron chi connectivity index (χ3n) is 8.52. The van der Waals surface area contributed by atoms with E-state index in [9.17, 15) is 23.1 Å². The highest BCUT2D eigenvalue weighted by molar-refractivity contribution is 7.90. The number of aliphatic imine (C=N–C) groups is 1. The normalized spacial score (nSPS) is 16.4. The minimum atomic E-state index is -3.97. The molecule has 3 aromatic rings. The van der Waals surface area contributed by atoms with Crippen LogP contribution < -0.4 is 20.1 Å². The number of amides is 1. The number of sulfonamides is 1. The molecule has 238 valence electrons. The Morgan fingerprint density at radius 3 is 2.31 bits per heavy atom. The van der Waals surface area contributed by atoms with Crippen LogP contribution in [0, 0.1) is 20.8 Å². The third kappa shape index (κ3) is 6.75. The van der Waals surface area contributed by atoms with Gasteiger partial charge in [-0.3, -0.25) is 4.99 Å². The van der Waals surface area contributed by atoms with Crippen LogP contribution in [0.2, 0.25) is 0 Å². The van der Waals surface area contributed by atoms with Crippen molar-refractivity contribution in [3.05, 3.63) is 82.4 Å². The Bertz CT molecular complexity index is 1710. The molecule has 2 atom stereocenters. The van der Waals surface area contributed by atoms with Gasteiger partial charge in [0, 0.05) is 18.5 Å². The number of nitrogens with one attached hydrogen (secondary N) is 3. The molecular formula is C33H38N4O7S. The zero-order valence-corrected chi connectivity index (χ0v) is 26.5. The third-order valence-corrected chi connectivity index (χ3v) is 10.2. The maximum atomic E-state index is 13.4. The van der Waals surface area contributed by atoms with Gasteiger partial charge in [0.05, 0.1) is 12.0 Å². The highest BCUT2D eigenvalue weighted by Gasteiger charge is 2.31. The number of aryl methyl sites for hydroxylation is 1. The molecule has 0 bridgehead atoms. The van der Waals surface area contributed by atoms with Crippen LogP contribution in [0.15, 0.2) is 64.5 Å². The SMILES string of the molecule is COc1cc(C)c(S(=O)(=O)NC2=NCCC(CC[C@H](NC(=O)OCC3c4ccccc4-c4ccccc43)C(=O)O)N2)c(C)c1C. The zero-order valence-electron chi connectivity index (χ0n) is 25.7. The molecule has 1 aliphatic carbocycles. The summed E-state index contributed by atoms with van der Waals surface area (Å²) in [5.74, 6) is -0.629. The molecule has 0 fully saturated rings. The van der Waals surface area contributed by atoms with Crippen molar-refractivity contribution in [3.8, 4) is 16.9 Å². The first-order valence-corrected chi connectivity index (χ1v) is 16.3. The standard InChI is InChI=1S/C33H38N4O7S/c1-19-17-29(43-4)20(2)21(3)30(19)45(41,42)37-32-34-16-15-22(35-32)13-14-28(31(38)39)36-33(40)44-18-27-25-11-7-5-9-23(25)24-10-6-8-12-26(24)27/h5-12,17,22,27-28H,13-16,18H2,1-4H3,(H,36,40)(H,38,39)(H2,34,35,37)/t22?,28-/m0/s1. The van der Waals surface area contributed by atoms with E-state index in [2.05, 4.69) is 20.3 Å². The number of fused-ring (bicyclic) bond motifs is 3. The van der Waals surface area contributed by atoms with Gasteiger partial charge in [-0.15, -0.1) is 0 Å². The number of alkyl carbamates (subject to hydrolysis) is 1. The average molecular weight is 635 g/mol. The number of aliphatic carboxylic acids is 1. The van der Waals surface area contributed by atoms with Crippen LogP contribution in [0.4, 0.5) is 4.79 Å². The number of rotatable bonds is 10. The molecule has 0 saturated carbocycles. The van der Waals surface area contributed by atoms with Gasteiger partial charge in [0.1, 0.15) is 18.4 Å². The van der Waals surface area contributed by atoms with Gasteiger partial charge in [0.25, 0.3) is 10.0 Å². The number of guanidine groups is 1. The minimum absolute atomic E-state index is 0.0724. The fraction of sp³-hybridized carbons (Fsp3) is 0.364. The molecule has 0 saturated heterocycles. The number of carboxylic acids is 1. The summed E-state index contributed by atoms with van der Waals surface area (Å²) in [6.45, 7) is 5.66. The lowest BCUT2D eigenvalue weighted by molar-refractivity contribution is -0.139. The van der Waals surface area contributed by atoms with Gasteiger partial charge < -0.3 is 25.2 Å². The van der Waals surface area contributed by atoms with Crippen LogP contribution in [0.3, 0.4) is 0 Å². The van der Waals surface area contributed by atoms with Crippen LogP contribution >= 0.6 is 0 Å². The Morgan fingerprint density at radius 2 is 1.69 bits per heavy atom. The van der Waals surface area contributed by atoms with Crippen molar-refractivity contribution < 1.29 is 32.6 Å². The molecule has 2 aliphatic rings. The van der Waals surface area contributed by atoms with Crippen molar-refractivity contribution in [2.75, 3.05) is 20.3 Å². The van der Waals surface area contributed by atoms with Gasteiger partial charge in [-0.25, -0.2) is 22.7 Å². The van der Waals surface area contributed by atoms with E-state index in [1.807, 2.05) is 48.5 Å². The summed E-state index contributed by atoms with van der Waals surface area (Å²) in [7, 11) is -2.43. The van der Waals surface area contributed by atoms with E-state index in [0.29, 0.717) is 36.3 Å². The van der Waals surface area contributed by atoms with Gasteiger partial charge in [-0.1, -0.05) is 48.5 Å². The van der Waals surface area contributed by atoms with Gasteiger partial charge in [-0.05, 0) is 85.0 Å². The van der Waals surface area contributed by atoms with Crippen molar-refractivity contribution in [1.82, 2.24) is 15.4 Å². The lowest BCUT2D eigenvalue weighted by Crippen LogP contribution is -2.49. The number of benzene rings is 3. The maximum absolute atomic E-state index is 13.4. The maximum Gasteiger partial charge on any atom is 0.407 e. The van der Waals surface area contributed by atoms with Crippen LogP contribution in [0.25, 0.3) is 11.1 Å². The molecule has 1 heterocycles. The fourth-order valence-corrected chi connectivity index (χ4v) is 7.67. The Hall–Kier alpha value is -4.58. The van der Waals surface area contributed by atoms with E-state index >= 15 is 0 Å². The first-order valence-electron chi connectivity index (χ1n) is 14.8. The summed E-state index contributed by atoms with van der Waals surface area (Å²) in [5.41, 5.74) is 6.16. The molecule has 1 unspecified atom stereocenters. The molecule has 0 spiro atoms. The number of nitrogens with zero attached hydrogens (tertiary/aromatic N) is 1. The van der Waals surface area contributed by atoms with Crippen molar-refractivity contribution >= 4 is 28.0 Å². The summed E-state index contributed by atoms with van der Waals surface area (Å²) >= 11 is 0. The van der Waals surface area contributed by atoms with E-state index in [1.165, 1.54) is 7.11 Å². The second kappa shape index (κ2) is 13.2. The van der Waals surface area contributed by atoms with E-state index in [4.69, 9.17) is 9.47 Å². The Kier molecular flexibility index (Phi) is 9.33. The summed E-state index contributed by atoms with van der Waals surface area (Å²) < 4.78 is 40.2. The van der Waals surface area contributed by atoms with Crippen molar-refractivity contribution in [1.29, 1.82) is 0 Å².